The lowest BCUT2D eigenvalue weighted by atomic mass is 9.89. The quantitative estimate of drug-likeness (QED) is 0.442. The lowest BCUT2D eigenvalue weighted by molar-refractivity contribution is -0.384. The third-order valence-electron chi connectivity index (χ3n) is 4.79. The van der Waals surface area contributed by atoms with Gasteiger partial charge in [-0.3, -0.25) is 14.9 Å². The minimum absolute atomic E-state index is 0.0660. The smallest absolute Gasteiger partial charge is 0.269 e. The summed E-state index contributed by atoms with van der Waals surface area (Å²) in [5.41, 5.74) is 1.42. The molecule has 1 fully saturated rings. The fraction of sp³-hybridized carbons (Fsp3) is 0.350. The molecule has 1 unspecified atom stereocenters. The average molecular weight is 370 g/mol. The molecule has 1 amide bonds. The topological polar surface area (TPSA) is 63.5 Å². The van der Waals surface area contributed by atoms with E-state index in [0.29, 0.717) is 5.92 Å². The summed E-state index contributed by atoms with van der Waals surface area (Å²) in [4.78, 5) is 25.8. The highest BCUT2D eigenvalue weighted by atomic mass is 32.2. The predicted octanol–water partition coefficient (Wildman–Crippen LogP) is 4.48. The summed E-state index contributed by atoms with van der Waals surface area (Å²) in [6.45, 7) is 3.46. The number of thioether (sulfide) groups is 1. The van der Waals surface area contributed by atoms with Crippen molar-refractivity contribution in [3.05, 3.63) is 70.3 Å². The van der Waals surface area contributed by atoms with Crippen molar-refractivity contribution in [2.45, 2.75) is 35.8 Å². The number of rotatable bonds is 5. The molecule has 1 saturated heterocycles. The van der Waals surface area contributed by atoms with Crippen molar-refractivity contribution in [3.8, 4) is 0 Å². The number of nitro benzene ring substituents is 1. The molecule has 6 heteroatoms. The van der Waals surface area contributed by atoms with Crippen LogP contribution in [0.15, 0.2) is 59.5 Å². The van der Waals surface area contributed by atoms with E-state index in [1.54, 1.807) is 12.1 Å². The molecule has 1 aliphatic heterocycles. The largest absolute Gasteiger partial charge is 0.342 e. The van der Waals surface area contributed by atoms with Gasteiger partial charge in [-0.25, -0.2) is 0 Å². The molecular weight excluding hydrogens is 348 g/mol. The molecule has 0 N–H and O–H groups in total. The van der Waals surface area contributed by atoms with E-state index >= 15 is 0 Å². The van der Waals surface area contributed by atoms with Gasteiger partial charge in [-0.1, -0.05) is 30.3 Å². The molecule has 0 saturated carbocycles. The highest BCUT2D eigenvalue weighted by molar-refractivity contribution is 8.00. The van der Waals surface area contributed by atoms with Crippen molar-refractivity contribution < 1.29 is 9.72 Å². The number of carbonyl (C=O) groups excluding carboxylic acids is 1. The van der Waals surface area contributed by atoms with E-state index in [0.717, 1.165) is 30.8 Å². The standard InChI is InChI=1S/C20H22N2O3S/c1-15(26-19-9-7-18(8-10-19)22(24)25)20(23)21-13-11-17(12-14-21)16-5-3-2-4-6-16/h2-10,15,17H,11-14H2,1H3. The summed E-state index contributed by atoms with van der Waals surface area (Å²) in [7, 11) is 0. The number of carbonyl (C=O) groups is 1. The lowest BCUT2D eigenvalue weighted by Crippen LogP contribution is -2.41. The SMILES string of the molecule is CC(Sc1ccc([N+](=O)[O-])cc1)C(=O)N1CCC(c2ccccc2)CC1. The Morgan fingerprint density at radius 3 is 2.31 bits per heavy atom. The maximum Gasteiger partial charge on any atom is 0.269 e. The second-order valence-corrected chi connectivity index (χ2v) is 7.94. The van der Waals surface area contributed by atoms with Gasteiger partial charge in [-0.2, -0.15) is 0 Å². The molecule has 3 rings (SSSR count). The molecule has 0 aromatic heterocycles. The number of benzene rings is 2. The van der Waals surface area contributed by atoms with Crippen LogP contribution in [0.25, 0.3) is 0 Å². The minimum atomic E-state index is -0.417. The van der Waals surface area contributed by atoms with Gasteiger partial charge >= 0.3 is 0 Å². The number of non-ortho nitro benzene ring substituents is 1. The van der Waals surface area contributed by atoms with Crippen molar-refractivity contribution in [1.82, 2.24) is 4.90 Å². The number of piperidine rings is 1. The number of likely N-dealkylation sites (tertiary alicyclic amines) is 1. The number of hydrogen-bond acceptors (Lipinski definition) is 4. The summed E-state index contributed by atoms with van der Waals surface area (Å²) >= 11 is 1.45. The molecule has 26 heavy (non-hydrogen) atoms. The van der Waals surface area contributed by atoms with Crippen LogP contribution in [0.1, 0.15) is 31.2 Å². The number of amides is 1. The van der Waals surface area contributed by atoms with E-state index in [4.69, 9.17) is 0 Å². The van der Waals surface area contributed by atoms with Gasteiger partial charge in [0.25, 0.3) is 5.69 Å². The van der Waals surface area contributed by atoms with Crippen LogP contribution in [0.4, 0.5) is 5.69 Å². The Morgan fingerprint density at radius 2 is 1.73 bits per heavy atom. The fourth-order valence-electron chi connectivity index (χ4n) is 3.32. The van der Waals surface area contributed by atoms with Crippen LogP contribution in [0.5, 0.6) is 0 Å². The Labute approximate surface area is 157 Å². The van der Waals surface area contributed by atoms with Crippen molar-refractivity contribution in [3.63, 3.8) is 0 Å². The zero-order valence-electron chi connectivity index (χ0n) is 14.7. The third kappa shape index (κ3) is 4.43. The van der Waals surface area contributed by atoms with Crippen LogP contribution in [0.2, 0.25) is 0 Å². The zero-order chi connectivity index (χ0) is 18.5. The maximum atomic E-state index is 12.7. The zero-order valence-corrected chi connectivity index (χ0v) is 15.5. The van der Waals surface area contributed by atoms with Crippen molar-refractivity contribution in [2.75, 3.05) is 13.1 Å². The van der Waals surface area contributed by atoms with Crippen LogP contribution in [-0.2, 0) is 4.79 Å². The fourth-order valence-corrected chi connectivity index (χ4v) is 4.27. The number of nitro groups is 1. The van der Waals surface area contributed by atoms with Crippen molar-refractivity contribution in [1.29, 1.82) is 0 Å². The molecular formula is C20H22N2O3S. The molecule has 5 nitrogen and oxygen atoms in total. The van der Waals surface area contributed by atoms with Crippen LogP contribution in [-0.4, -0.2) is 34.1 Å². The summed E-state index contributed by atoms with van der Waals surface area (Å²) < 4.78 is 0. The normalized spacial score (nSPS) is 16.3. The van der Waals surface area contributed by atoms with E-state index in [2.05, 4.69) is 24.3 Å². The number of nitrogens with zero attached hydrogens (tertiary/aromatic N) is 2. The van der Waals surface area contributed by atoms with Gasteiger partial charge in [-0.05, 0) is 43.4 Å². The third-order valence-corrected chi connectivity index (χ3v) is 5.89. The Balaban J connectivity index is 1.53. The Hall–Kier alpha value is -2.34. The Bertz CT molecular complexity index is 756. The molecule has 2 aromatic carbocycles. The lowest BCUT2D eigenvalue weighted by Gasteiger charge is -2.33. The predicted molar refractivity (Wildman–Crippen MR) is 103 cm³/mol. The molecule has 136 valence electrons. The first-order chi connectivity index (χ1) is 12.5. The van der Waals surface area contributed by atoms with Gasteiger partial charge < -0.3 is 4.90 Å². The van der Waals surface area contributed by atoms with Gasteiger partial charge in [0.15, 0.2) is 0 Å². The first kappa shape index (κ1) is 18.5. The van der Waals surface area contributed by atoms with Gasteiger partial charge in [0.1, 0.15) is 0 Å². The molecule has 1 atom stereocenters. The molecule has 0 radical (unpaired) electrons. The number of hydrogen-bond donors (Lipinski definition) is 0. The van der Waals surface area contributed by atoms with Crippen LogP contribution in [0, 0.1) is 10.1 Å². The highest BCUT2D eigenvalue weighted by Crippen LogP contribution is 2.30. The summed E-state index contributed by atoms with van der Waals surface area (Å²) in [5.74, 6) is 0.665. The summed E-state index contributed by atoms with van der Waals surface area (Å²) in [6.07, 6.45) is 1.98. The van der Waals surface area contributed by atoms with Gasteiger partial charge in [0, 0.05) is 30.1 Å². The Kier molecular flexibility index (Phi) is 5.93. The van der Waals surface area contributed by atoms with E-state index in [9.17, 15) is 14.9 Å². The van der Waals surface area contributed by atoms with Gasteiger partial charge in [0.05, 0.1) is 10.2 Å². The van der Waals surface area contributed by atoms with E-state index in [-0.39, 0.29) is 16.8 Å². The van der Waals surface area contributed by atoms with E-state index < -0.39 is 4.92 Å². The van der Waals surface area contributed by atoms with Crippen molar-refractivity contribution >= 4 is 23.4 Å². The van der Waals surface area contributed by atoms with Gasteiger partial charge in [0.2, 0.25) is 5.91 Å². The molecule has 0 bridgehead atoms. The highest BCUT2D eigenvalue weighted by Gasteiger charge is 2.27. The summed E-state index contributed by atoms with van der Waals surface area (Å²) in [5, 5.41) is 10.5. The average Bonchev–Trinajstić information content (AvgIpc) is 2.68. The van der Waals surface area contributed by atoms with E-state index in [1.165, 1.54) is 29.5 Å². The molecule has 2 aromatic rings. The monoisotopic (exact) mass is 370 g/mol. The van der Waals surface area contributed by atoms with E-state index in [1.807, 2.05) is 17.9 Å². The van der Waals surface area contributed by atoms with Crippen LogP contribution >= 0.6 is 11.8 Å². The second-order valence-electron chi connectivity index (χ2n) is 6.52. The maximum absolute atomic E-state index is 12.7. The first-order valence-corrected chi connectivity index (χ1v) is 9.67. The summed E-state index contributed by atoms with van der Waals surface area (Å²) in [6, 6.07) is 16.8. The van der Waals surface area contributed by atoms with Gasteiger partial charge in [-0.15, -0.1) is 11.8 Å². The first-order valence-electron chi connectivity index (χ1n) is 8.79. The molecule has 1 heterocycles. The molecule has 0 aliphatic carbocycles. The van der Waals surface area contributed by atoms with Crippen LogP contribution < -0.4 is 0 Å². The Morgan fingerprint density at radius 1 is 1.12 bits per heavy atom. The minimum Gasteiger partial charge on any atom is -0.342 e. The molecule has 1 aliphatic rings. The van der Waals surface area contributed by atoms with Crippen LogP contribution in [0.3, 0.4) is 0 Å². The second kappa shape index (κ2) is 8.36. The molecule has 0 spiro atoms. The van der Waals surface area contributed by atoms with Crippen molar-refractivity contribution in [2.24, 2.45) is 0 Å².